The second-order valence-corrected chi connectivity index (χ2v) is 4.09. The largest absolute Gasteiger partial charge is 0.423 e. The summed E-state index contributed by atoms with van der Waals surface area (Å²) >= 11 is 0. The Labute approximate surface area is 106 Å². The highest BCUT2D eigenvalue weighted by Gasteiger charge is 2.05. The van der Waals surface area contributed by atoms with Crippen LogP contribution in [0.3, 0.4) is 0 Å². The first-order valence-corrected chi connectivity index (χ1v) is 5.69. The van der Waals surface area contributed by atoms with Gasteiger partial charge in [-0.15, -0.1) is 0 Å². The molecule has 0 saturated carbocycles. The zero-order valence-electron chi connectivity index (χ0n) is 9.72. The molecule has 2 radical (unpaired) electrons. The van der Waals surface area contributed by atoms with Gasteiger partial charge in [0.1, 0.15) is 11.5 Å². The Bertz CT molecular complexity index is 660. The molecule has 0 aromatic carbocycles. The van der Waals surface area contributed by atoms with Crippen LogP contribution in [0.5, 0.6) is 0 Å². The van der Waals surface area contributed by atoms with Crippen molar-refractivity contribution in [2.45, 2.75) is 6.42 Å². The molecule has 2 N–H and O–H groups in total. The molecule has 86 valence electrons. The molecule has 0 fully saturated rings. The van der Waals surface area contributed by atoms with Gasteiger partial charge in [-0.05, 0) is 29.3 Å². The second-order valence-electron chi connectivity index (χ2n) is 4.09. The number of pyridine rings is 2. The summed E-state index contributed by atoms with van der Waals surface area (Å²) in [5.74, 6) is 0.666. The maximum atomic E-state index is 5.28. The summed E-state index contributed by atoms with van der Waals surface area (Å²) in [5.41, 5.74) is 3.27. The van der Waals surface area contributed by atoms with Gasteiger partial charge in [0.15, 0.2) is 0 Å². The Morgan fingerprint density at radius 2 is 2.17 bits per heavy atom. The number of nitrogens with one attached hydrogen (secondary N) is 2. The number of hydrogen-bond donors (Lipinski definition) is 2. The molecule has 3 aromatic rings. The lowest BCUT2D eigenvalue weighted by Crippen LogP contribution is -1.95. The molecule has 0 atom stereocenters. The Kier molecular flexibility index (Phi) is 2.72. The van der Waals surface area contributed by atoms with Crippen LogP contribution in [0, 0.1) is 0 Å². The summed E-state index contributed by atoms with van der Waals surface area (Å²) in [6.07, 6.45) is 6.42. The van der Waals surface area contributed by atoms with Crippen molar-refractivity contribution < 1.29 is 0 Å². The highest BCUT2D eigenvalue weighted by Crippen LogP contribution is 2.19. The highest BCUT2D eigenvalue weighted by atomic mass is 14.9. The maximum absolute atomic E-state index is 5.28. The van der Waals surface area contributed by atoms with Crippen LogP contribution in [-0.4, -0.2) is 22.9 Å². The lowest BCUT2D eigenvalue weighted by molar-refractivity contribution is 1.16. The molecule has 0 unspecified atom stereocenters. The molecule has 3 aromatic heterocycles. The second kappa shape index (κ2) is 4.53. The Hall–Kier alpha value is -2.30. The third kappa shape index (κ3) is 1.95. The molecule has 0 spiro atoms. The molecule has 3 heterocycles. The normalized spacial score (nSPS) is 10.7. The minimum atomic E-state index is 0.666. The Balaban J connectivity index is 1.91. The van der Waals surface area contributed by atoms with Gasteiger partial charge >= 0.3 is 0 Å². The zero-order valence-corrected chi connectivity index (χ0v) is 9.72. The van der Waals surface area contributed by atoms with Crippen LogP contribution in [0.2, 0.25) is 0 Å². The fourth-order valence-corrected chi connectivity index (χ4v) is 1.99. The molecule has 0 saturated heterocycles. The van der Waals surface area contributed by atoms with E-state index >= 15 is 0 Å². The summed E-state index contributed by atoms with van der Waals surface area (Å²) in [6.45, 7) is 0. The number of anilines is 1. The molecule has 0 aliphatic carbocycles. The number of nitrogens with zero attached hydrogens (tertiary/aromatic N) is 2. The van der Waals surface area contributed by atoms with Crippen molar-refractivity contribution in [2.75, 3.05) is 5.23 Å². The SMILES string of the molecule is [B]Nc1ccc(Cc2c[nH]c3ncccc23)cn1. The van der Waals surface area contributed by atoms with E-state index in [1.807, 2.05) is 30.6 Å². The number of aromatic amines is 1. The minimum absolute atomic E-state index is 0.666. The molecular formula is C13H11BN4. The van der Waals surface area contributed by atoms with Gasteiger partial charge in [-0.2, -0.15) is 0 Å². The van der Waals surface area contributed by atoms with E-state index in [4.69, 9.17) is 7.98 Å². The van der Waals surface area contributed by atoms with Gasteiger partial charge in [0.05, 0.1) is 0 Å². The monoisotopic (exact) mass is 234 g/mol. The van der Waals surface area contributed by atoms with Crippen LogP contribution < -0.4 is 5.23 Å². The third-order valence-corrected chi connectivity index (χ3v) is 2.90. The fraction of sp³-hybridized carbons (Fsp3) is 0.0769. The molecule has 0 aliphatic heterocycles. The molecule has 0 aliphatic rings. The van der Waals surface area contributed by atoms with E-state index < -0.39 is 0 Å². The van der Waals surface area contributed by atoms with Gasteiger partial charge in [0.25, 0.3) is 0 Å². The van der Waals surface area contributed by atoms with Gasteiger partial charge in [0.2, 0.25) is 7.98 Å². The number of hydrogen-bond acceptors (Lipinski definition) is 3. The van der Waals surface area contributed by atoms with Crippen LogP contribution in [0.4, 0.5) is 5.82 Å². The average molecular weight is 234 g/mol. The van der Waals surface area contributed by atoms with E-state index in [9.17, 15) is 0 Å². The number of H-pyrrole nitrogens is 1. The van der Waals surface area contributed by atoms with Crippen molar-refractivity contribution in [3.05, 3.63) is 54.0 Å². The first-order chi connectivity index (χ1) is 8.86. The van der Waals surface area contributed by atoms with Gasteiger partial charge in [-0.3, -0.25) is 0 Å². The Morgan fingerprint density at radius 1 is 1.22 bits per heavy atom. The Morgan fingerprint density at radius 3 is 2.94 bits per heavy atom. The van der Waals surface area contributed by atoms with E-state index in [0.717, 1.165) is 23.0 Å². The summed E-state index contributed by atoms with van der Waals surface area (Å²) in [4.78, 5) is 11.6. The predicted molar refractivity (Wildman–Crippen MR) is 72.5 cm³/mol. The summed E-state index contributed by atoms with van der Waals surface area (Å²) in [7, 11) is 5.28. The van der Waals surface area contributed by atoms with Crippen molar-refractivity contribution >= 4 is 24.8 Å². The van der Waals surface area contributed by atoms with Gasteiger partial charge in [-0.25, -0.2) is 9.97 Å². The first kappa shape index (κ1) is 10.8. The van der Waals surface area contributed by atoms with Crippen LogP contribution in [-0.2, 0) is 6.42 Å². The van der Waals surface area contributed by atoms with Crippen molar-refractivity contribution in [3.63, 3.8) is 0 Å². The van der Waals surface area contributed by atoms with Crippen molar-refractivity contribution in [1.29, 1.82) is 0 Å². The van der Waals surface area contributed by atoms with Crippen molar-refractivity contribution in [2.24, 2.45) is 0 Å². The lowest BCUT2D eigenvalue weighted by Gasteiger charge is -2.02. The lowest BCUT2D eigenvalue weighted by atomic mass is 10.1. The van der Waals surface area contributed by atoms with E-state index in [1.165, 1.54) is 5.56 Å². The fourth-order valence-electron chi connectivity index (χ4n) is 1.99. The highest BCUT2D eigenvalue weighted by molar-refractivity contribution is 6.15. The summed E-state index contributed by atoms with van der Waals surface area (Å²) in [6, 6.07) is 7.89. The third-order valence-electron chi connectivity index (χ3n) is 2.90. The average Bonchev–Trinajstić information content (AvgIpc) is 2.83. The molecule has 4 nitrogen and oxygen atoms in total. The standard InChI is InChI=1S/C13H11BN4/c14-18-12-4-3-9(7-16-12)6-10-8-17-13-11(10)2-1-5-15-13/h1-5,7-8H,6H2,(H,15,17)(H,16,18). The van der Waals surface area contributed by atoms with Gasteiger partial charge in [-0.1, -0.05) is 6.07 Å². The smallest absolute Gasteiger partial charge is 0.224 e. The van der Waals surface area contributed by atoms with Crippen molar-refractivity contribution in [1.82, 2.24) is 15.0 Å². The van der Waals surface area contributed by atoms with Crippen LogP contribution >= 0.6 is 0 Å². The maximum Gasteiger partial charge on any atom is 0.224 e. The van der Waals surface area contributed by atoms with Crippen molar-refractivity contribution in [3.8, 4) is 0 Å². The summed E-state index contributed by atoms with van der Waals surface area (Å²) < 4.78 is 0. The molecule has 18 heavy (non-hydrogen) atoms. The molecule has 3 rings (SSSR count). The van der Waals surface area contributed by atoms with Gasteiger partial charge < -0.3 is 10.2 Å². The quantitative estimate of drug-likeness (QED) is 0.682. The molecule has 5 heteroatoms. The first-order valence-electron chi connectivity index (χ1n) is 5.69. The topological polar surface area (TPSA) is 53.6 Å². The van der Waals surface area contributed by atoms with Crippen LogP contribution in [0.1, 0.15) is 11.1 Å². The number of rotatable bonds is 3. The number of fused-ring (bicyclic) bond motifs is 1. The van der Waals surface area contributed by atoms with E-state index in [0.29, 0.717) is 5.82 Å². The van der Waals surface area contributed by atoms with E-state index in [2.05, 4.69) is 26.2 Å². The van der Waals surface area contributed by atoms with E-state index in [1.54, 1.807) is 6.20 Å². The zero-order chi connectivity index (χ0) is 12.4. The van der Waals surface area contributed by atoms with E-state index in [-0.39, 0.29) is 0 Å². The van der Waals surface area contributed by atoms with Crippen LogP contribution in [0.15, 0.2) is 42.9 Å². The molecule has 0 bridgehead atoms. The molecule has 0 amide bonds. The minimum Gasteiger partial charge on any atom is -0.423 e. The van der Waals surface area contributed by atoms with Crippen LogP contribution in [0.25, 0.3) is 11.0 Å². The van der Waals surface area contributed by atoms with Gasteiger partial charge in [0, 0.05) is 30.4 Å². The molecular weight excluding hydrogens is 223 g/mol. The number of aromatic nitrogens is 3. The predicted octanol–water partition coefficient (Wildman–Crippen LogP) is 2.04. The summed E-state index contributed by atoms with van der Waals surface area (Å²) in [5, 5.41) is 3.67.